The first-order chi connectivity index (χ1) is 4.36. The molecule has 0 N–H and O–H groups in total. The number of fused-ring (bicyclic) bond motifs is 3. The molecule has 3 fully saturated rings. The third-order valence-corrected chi connectivity index (χ3v) is 4.46. The Balaban J connectivity index is 2.06. The van der Waals surface area contributed by atoms with Gasteiger partial charge in [0.1, 0.15) is 0 Å². The molecule has 0 spiro atoms. The molecule has 0 radical (unpaired) electrons. The van der Waals surface area contributed by atoms with Gasteiger partial charge in [0.25, 0.3) is 0 Å². The summed E-state index contributed by atoms with van der Waals surface area (Å²) in [7, 11) is 0. The summed E-state index contributed by atoms with van der Waals surface area (Å²) < 4.78 is 0. The second-order valence-corrected chi connectivity index (χ2v) is 5.06. The normalized spacial score (nSPS) is 49.7. The summed E-state index contributed by atoms with van der Waals surface area (Å²) in [5.74, 6) is 1.08. The zero-order valence-corrected chi connectivity index (χ0v) is 6.79. The van der Waals surface area contributed by atoms with Crippen molar-refractivity contribution in [2.24, 2.45) is 5.92 Å². The van der Waals surface area contributed by atoms with Gasteiger partial charge in [0.05, 0.1) is 0 Å². The average Bonchev–Trinajstić information content (AvgIpc) is 1.90. The molecule has 0 aromatic carbocycles. The Morgan fingerprint density at radius 2 is 1.78 bits per heavy atom. The van der Waals surface area contributed by atoms with Crippen LogP contribution in [-0.2, 0) is 0 Å². The highest BCUT2D eigenvalue weighted by atomic mass is 32.2. The molecule has 2 bridgehead atoms. The van der Waals surface area contributed by atoms with E-state index in [-0.39, 0.29) is 0 Å². The van der Waals surface area contributed by atoms with Crippen LogP contribution in [-0.4, -0.2) is 10.5 Å². The lowest BCUT2D eigenvalue weighted by Gasteiger charge is -2.40. The predicted octanol–water partition coefficient (Wildman–Crippen LogP) is 2.68. The molecular weight excluding hydrogens is 128 g/mol. The first-order valence-electron chi connectivity index (χ1n) is 4.02. The lowest BCUT2D eigenvalue weighted by Crippen LogP contribution is -2.31. The van der Waals surface area contributed by atoms with Crippen LogP contribution >= 0.6 is 11.8 Å². The fraction of sp³-hybridized carbons (Fsp3) is 1.00. The molecule has 0 unspecified atom stereocenters. The van der Waals surface area contributed by atoms with Crippen LogP contribution in [0.15, 0.2) is 0 Å². The molecule has 52 valence electrons. The predicted molar refractivity (Wildman–Crippen MR) is 42.8 cm³/mol. The summed E-state index contributed by atoms with van der Waals surface area (Å²) in [5, 5.41) is 2.03. The molecule has 2 heterocycles. The van der Waals surface area contributed by atoms with Crippen molar-refractivity contribution in [2.45, 2.75) is 43.1 Å². The maximum absolute atomic E-state index is 2.40. The summed E-state index contributed by atoms with van der Waals surface area (Å²) in [5.41, 5.74) is 0. The number of thioether (sulfide) groups is 1. The van der Waals surface area contributed by atoms with Crippen molar-refractivity contribution in [3.63, 3.8) is 0 Å². The Morgan fingerprint density at radius 3 is 2.00 bits per heavy atom. The largest absolute Gasteiger partial charge is 0.155 e. The van der Waals surface area contributed by atoms with Gasteiger partial charge in [0, 0.05) is 10.5 Å². The summed E-state index contributed by atoms with van der Waals surface area (Å²) in [6.07, 6.45) is 6.08. The van der Waals surface area contributed by atoms with Crippen LogP contribution in [0.2, 0.25) is 0 Å². The maximum Gasteiger partial charge on any atom is 0.00500 e. The molecule has 1 atom stereocenters. The Kier molecular flexibility index (Phi) is 1.48. The molecule has 1 saturated carbocycles. The number of hydrogen-bond donors (Lipinski definition) is 0. The summed E-state index contributed by atoms with van der Waals surface area (Å²) in [6, 6.07) is 0. The van der Waals surface area contributed by atoms with Crippen molar-refractivity contribution in [1.82, 2.24) is 0 Å². The second kappa shape index (κ2) is 2.19. The van der Waals surface area contributed by atoms with E-state index in [1.54, 1.807) is 0 Å². The summed E-state index contributed by atoms with van der Waals surface area (Å²) in [6.45, 7) is 2.40. The van der Waals surface area contributed by atoms with Gasteiger partial charge in [-0.15, -0.1) is 0 Å². The smallest absolute Gasteiger partial charge is 0.00500 e. The van der Waals surface area contributed by atoms with Crippen molar-refractivity contribution in [2.75, 3.05) is 0 Å². The van der Waals surface area contributed by atoms with Gasteiger partial charge >= 0.3 is 0 Å². The minimum Gasteiger partial charge on any atom is -0.155 e. The van der Waals surface area contributed by atoms with Gasteiger partial charge in [-0.2, -0.15) is 11.8 Å². The third kappa shape index (κ3) is 1.000. The summed E-state index contributed by atoms with van der Waals surface area (Å²) in [4.78, 5) is 0. The lowest BCUT2D eigenvalue weighted by molar-refractivity contribution is 0.340. The van der Waals surface area contributed by atoms with Gasteiger partial charge in [-0.3, -0.25) is 0 Å². The van der Waals surface area contributed by atoms with Crippen molar-refractivity contribution in [3.8, 4) is 0 Å². The van der Waals surface area contributed by atoms with Crippen LogP contribution in [0.1, 0.15) is 32.6 Å². The first kappa shape index (κ1) is 6.09. The van der Waals surface area contributed by atoms with Gasteiger partial charge in [-0.05, 0) is 31.6 Å². The fourth-order valence-corrected chi connectivity index (χ4v) is 3.75. The van der Waals surface area contributed by atoms with Crippen molar-refractivity contribution in [1.29, 1.82) is 0 Å². The topological polar surface area (TPSA) is 0 Å². The van der Waals surface area contributed by atoms with Gasteiger partial charge in [-0.25, -0.2) is 0 Å². The van der Waals surface area contributed by atoms with E-state index in [1.807, 2.05) is 0 Å². The van der Waals surface area contributed by atoms with Gasteiger partial charge in [-0.1, -0.05) is 6.92 Å². The van der Waals surface area contributed by atoms with Gasteiger partial charge in [0.15, 0.2) is 0 Å². The van der Waals surface area contributed by atoms with Crippen molar-refractivity contribution >= 4 is 11.8 Å². The highest BCUT2D eigenvalue weighted by Crippen LogP contribution is 2.45. The molecule has 0 nitrogen and oxygen atoms in total. The standard InChI is InChI=1S/C8H14S/c1-6-7-2-4-8(9-6)5-3-7/h6-8H,2-5H2,1H3/t6-,7?,8?/m1/s1. The van der Waals surface area contributed by atoms with Crippen LogP contribution in [0.25, 0.3) is 0 Å². The molecule has 3 rings (SSSR count). The van der Waals surface area contributed by atoms with Crippen LogP contribution in [0, 0.1) is 5.92 Å². The molecule has 3 aliphatic rings. The fourth-order valence-electron chi connectivity index (χ4n) is 2.11. The zero-order chi connectivity index (χ0) is 6.27. The number of hydrogen-bond acceptors (Lipinski definition) is 1. The molecular formula is C8H14S. The summed E-state index contributed by atoms with van der Waals surface area (Å²) >= 11 is 2.24. The highest BCUT2D eigenvalue weighted by molar-refractivity contribution is 8.00. The number of rotatable bonds is 0. The second-order valence-electron chi connectivity index (χ2n) is 3.38. The van der Waals surface area contributed by atoms with Crippen LogP contribution in [0.4, 0.5) is 0 Å². The van der Waals surface area contributed by atoms with Crippen LogP contribution < -0.4 is 0 Å². The van der Waals surface area contributed by atoms with E-state index in [2.05, 4.69) is 18.7 Å². The van der Waals surface area contributed by atoms with Crippen LogP contribution in [0.5, 0.6) is 0 Å². The molecule has 2 aliphatic heterocycles. The molecule has 1 heteroatoms. The molecule has 1 aliphatic carbocycles. The van der Waals surface area contributed by atoms with Crippen LogP contribution in [0.3, 0.4) is 0 Å². The third-order valence-electron chi connectivity index (χ3n) is 2.79. The molecule has 9 heavy (non-hydrogen) atoms. The van der Waals surface area contributed by atoms with Crippen molar-refractivity contribution < 1.29 is 0 Å². The minimum atomic E-state index is 0.984. The van der Waals surface area contributed by atoms with Crippen molar-refractivity contribution in [3.05, 3.63) is 0 Å². The van der Waals surface area contributed by atoms with Gasteiger partial charge in [0.2, 0.25) is 0 Å². The molecule has 0 aromatic rings. The molecule has 0 amide bonds. The molecule has 0 aromatic heterocycles. The Hall–Kier alpha value is 0.350. The van der Waals surface area contributed by atoms with E-state index >= 15 is 0 Å². The maximum atomic E-state index is 2.40. The zero-order valence-electron chi connectivity index (χ0n) is 5.97. The molecule has 2 saturated heterocycles. The van der Waals surface area contributed by atoms with Gasteiger partial charge < -0.3 is 0 Å². The lowest BCUT2D eigenvalue weighted by atomic mass is 9.86. The SMILES string of the molecule is C[C@H]1SC2CCC1CC2. The van der Waals surface area contributed by atoms with E-state index < -0.39 is 0 Å². The van der Waals surface area contributed by atoms with E-state index in [9.17, 15) is 0 Å². The quantitative estimate of drug-likeness (QED) is 0.501. The highest BCUT2D eigenvalue weighted by Gasteiger charge is 2.33. The van der Waals surface area contributed by atoms with E-state index in [1.165, 1.54) is 25.7 Å². The van der Waals surface area contributed by atoms with E-state index in [0.29, 0.717) is 0 Å². The van der Waals surface area contributed by atoms with E-state index in [4.69, 9.17) is 0 Å². The Bertz CT molecular complexity index is 103. The monoisotopic (exact) mass is 142 g/mol. The first-order valence-corrected chi connectivity index (χ1v) is 4.96. The Labute approximate surface area is 61.4 Å². The average molecular weight is 142 g/mol. The Morgan fingerprint density at radius 1 is 1.11 bits per heavy atom. The minimum absolute atomic E-state index is 0.984. The van der Waals surface area contributed by atoms with E-state index in [0.717, 1.165) is 16.4 Å².